The van der Waals surface area contributed by atoms with E-state index in [1.807, 2.05) is 0 Å². The first kappa shape index (κ1) is 23.6. The summed E-state index contributed by atoms with van der Waals surface area (Å²) in [6.07, 6.45) is 1.10. The third-order valence-corrected chi connectivity index (χ3v) is 5.49. The van der Waals surface area contributed by atoms with Gasteiger partial charge in [-0.05, 0) is 50.1 Å². The summed E-state index contributed by atoms with van der Waals surface area (Å²) < 4.78 is 0. The number of nitrogens with one attached hydrogen (secondary N) is 3. The maximum Gasteiger partial charge on any atom is 0.326 e. The standard InChI is InChI=1S/C23H28N6O4/c1-15(21(31)32)29(19-8-3-2-4-9-19)23(33)28-12-10-17(11-13-28)26-20(30)16-6-5-7-18(14-16)27-22(24)25/h2-9,14-15,17H,10-13H2,1H3,(H,26,30)(H,31,32)(H4,24,25,27)/t15-/m0/s1. The summed E-state index contributed by atoms with van der Waals surface area (Å²) in [6, 6.07) is 13.9. The van der Waals surface area contributed by atoms with Crippen molar-refractivity contribution in [2.45, 2.75) is 31.8 Å². The molecule has 1 atom stereocenters. The van der Waals surface area contributed by atoms with Gasteiger partial charge in [-0.1, -0.05) is 24.3 Å². The van der Waals surface area contributed by atoms with Crippen LogP contribution < -0.4 is 21.3 Å². The van der Waals surface area contributed by atoms with E-state index in [-0.39, 0.29) is 23.9 Å². The molecule has 0 aliphatic carbocycles. The van der Waals surface area contributed by atoms with E-state index in [4.69, 9.17) is 11.1 Å². The number of aliphatic carboxylic acids is 1. The topological polar surface area (TPSA) is 152 Å². The molecule has 6 N–H and O–H groups in total. The number of carbonyl (C=O) groups excluding carboxylic acids is 2. The van der Waals surface area contributed by atoms with Crippen molar-refractivity contribution in [3.8, 4) is 0 Å². The maximum absolute atomic E-state index is 13.2. The zero-order valence-electron chi connectivity index (χ0n) is 18.3. The Morgan fingerprint density at radius 1 is 1.12 bits per heavy atom. The molecule has 0 bridgehead atoms. The first-order chi connectivity index (χ1) is 15.8. The molecule has 0 spiro atoms. The number of carbonyl (C=O) groups is 3. The van der Waals surface area contributed by atoms with Crippen LogP contribution in [0.4, 0.5) is 16.2 Å². The van der Waals surface area contributed by atoms with Crippen molar-refractivity contribution in [3.05, 3.63) is 60.2 Å². The zero-order chi connectivity index (χ0) is 24.0. The average Bonchev–Trinajstić information content (AvgIpc) is 2.80. The predicted molar refractivity (Wildman–Crippen MR) is 125 cm³/mol. The Morgan fingerprint density at radius 2 is 1.79 bits per heavy atom. The Labute approximate surface area is 191 Å². The molecule has 0 radical (unpaired) electrons. The highest BCUT2D eigenvalue weighted by Gasteiger charge is 2.33. The number of amides is 3. The summed E-state index contributed by atoms with van der Waals surface area (Å²) >= 11 is 0. The molecule has 3 amide bonds. The molecule has 0 saturated carbocycles. The number of anilines is 2. The molecule has 1 aliphatic rings. The van der Waals surface area contributed by atoms with E-state index in [2.05, 4.69) is 10.6 Å². The second-order valence-electron chi connectivity index (χ2n) is 7.86. The number of carboxylic acids is 1. The van der Waals surface area contributed by atoms with E-state index < -0.39 is 12.0 Å². The molecule has 1 fully saturated rings. The highest BCUT2D eigenvalue weighted by Crippen LogP contribution is 2.22. The van der Waals surface area contributed by atoms with E-state index in [0.29, 0.717) is 42.9 Å². The first-order valence-electron chi connectivity index (χ1n) is 10.6. The third kappa shape index (κ3) is 6.00. The van der Waals surface area contributed by atoms with Crippen LogP contribution in [0.2, 0.25) is 0 Å². The number of piperidine rings is 1. The summed E-state index contributed by atoms with van der Waals surface area (Å²) in [6.45, 7) is 2.27. The fourth-order valence-electron chi connectivity index (χ4n) is 3.73. The lowest BCUT2D eigenvalue weighted by Crippen LogP contribution is -2.54. The lowest BCUT2D eigenvalue weighted by atomic mass is 10.0. The molecule has 1 heterocycles. The molecular formula is C23H28N6O4. The van der Waals surface area contributed by atoms with E-state index in [9.17, 15) is 19.5 Å². The van der Waals surface area contributed by atoms with Crippen molar-refractivity contribution in [1.29, 1.82) is 5.41 Å². The Balaban J connectivity index is 1.61. The maximum atomic E-state index is 13.2. The molecule has 2 aromatic rings. The van der Waals surface area contributed by atoms with Crippen LogP contribution >= 0.6 is 0 Å². The van der Waals surface area contributed by atoms with Gasteiger partial charge >= 0.3 is 12.0 Å². The lowest BCUT2D eigenvalue weighted by molar-refractivity contribution is -0.138. The minimum Gasteiger partial charge on any atom is -0.480 e. The monoisotopic (exact) mass is 452 g/mol. The van der Waals surface area contributed by atoms with Gasteiger partial charge in [-0.2, -0.15) is 0 Å². The molecule has 10 nitrogen and oxygen atoms in total. The van der Waals surface area contributed by atoms with Crippen molar-refractivity contribution in [2.24, 2.45) is 5.73 Å². The normalized spacial score (nSPS) is 14.8. The van der Waals surface area contributed by atoms with Gasteiger partial charge in [-0.3, -0.25) is 15.1 Å². The molecule has 0 aromatic heterocycles. The summed E-state index contributed by atoms with van der Waals surface area (Å²) in [5.74, 6) is -1.56. The number of likely N-dealkylation sites (tertiary alicyclic amines) is 1. The Kier molecular flexibility index (Phi) is 7.50. The van der Waals surface area contributed by atoms with Crippen molar-refractivity contribution < 1.29 is 19.5 Å². The fourth-order valence-corrected chi connectivity index (χ4v) is 3.73. The summed E-state index contributed by atoms with van der Waals surface area (Å²) in [5, 5.41) is 22.4. The summed E-state index contributed by atoms with van der Waals surface area (Å²) in [5.41, 5.74) is 6.84. The second-order valence-corrected chi connectivity index (χ2v) is 7.86. The van der Waals surface area contributed by atoms with Crippen LogP contribution in [0.15, 0.2) is 54.6 Å². The number of guanidine groups is 1. The fraction of sp³-hybridized carbons (Fsp3) is 0.304. The predicted octanol–water partition coefficient (Wildman–Crippen LogP) is 2.29. The van der Waals surface area contributed by atoms with Gasteiger partial charge in [0.25, 0.3) is 5.91 Å². The van der Waals surface area contributed by atoms with E-state index in [0.717, 1.165) is 0 Å². The molecule has 2 aromatic carbocycles. The second kappa shape index (κ2) is 10.5. The van der Waals surface area contributed by atoms with Crippen LogP contribution in [-0.4, -0.2) is 59.0 Å². The SMILES string of the molecule is C[C@@H](C(=O)O)N(C(=O)N1CCC(NC(=O)c2cccc(NC(=N)N)c2)CC1)c1ccccc1. The van der Waals surface area contributed by atoms with Crippen LogP contribution in [0, 0.1) is 5.41 Å². The number of hydrogen-bond donors (Lipinski definition) is 5. The van der Waals surface area contributed by atoms with Crippen LogP contribution in [0.5, 0.6) is 0 Å². The van der Waals surface area contributed by atoms with Gasteiger partial charge in [0.2, 0.25) is 0 Å². The Hall–Kier alpha value is -4.08. The number of hydrogen-bond acceptors (Lipinski definition) is 4. The van der Waals surface area contributed by atoms with Crippen molar-refractivity contribution in [3.63, 3.8) is 0 Å². The molecular weight excluding hydrogens is 424 g/mol. The smallest absolute Gasteiger partial charge is 0.326 e. The number of urea groups is 1. The molecule has 1 aliphatic heterocycles. The molecule has 174 valence electrons. The zero-order valence-corrected chi connectivity index (χ0v) is 18.3. The third-order valence-electron chi connectivity index (χ3n) is 5.49. The van der Waals surface area contributed by atoms with Crippen molar-refractivity contribution in [2.75, 3.05) is 23.3 Å². The van der Waals surface area contributed by atoms with Gasteiger partial charge in [0, 0.05) is 36.1 Å². The highest BCUT2D eigenvalue weighted by atomic mass is 16.4. The summed E-state index contributed by atoms with van der Waals surface area (Å²) in [7, 11) is 0. The molecule has 33 heavy (non-hydrogen) atoms. The number of carboxylic acid groups (broad SMARTS) is 1. The molecule has 0 unspecified atom stereocenters. The average molecular weight is 453 g/mol. The van der Waals surface area contributed by atoms with Gasteiger partial charge in [-0.15, -0.1) is 0 Å². The van der Waals surface area contributed by atoms with E-state index in [1.54, 1.807) is 59.5 Å². The first-order valence-corrected chi connectivity index (χ1v) is 10.6. The van der Waals surface area contributed by atoms with Gasteiger partial charge in [0.1, 0.15) is 6.04 Å². The van der Waals surface area contributed by atoms with Gasteiger partial charge in [-0.25, -0.2) is 9.59 Å². The number of benzene rings is 2. The Bertz CT molecular complexity index is 1020. The van der Waals surface area contributed by atoms with Gasteiger partial charge in [0.15, 0.2) is 5.96 Å². The minimum atomic E-state index is -1.09. The highest BCUT2D eigenvalue weighted by molar-refractivity contribution is 5.98. The van der Waals surface area contributed by atoms with Crippen molar-refractivity contribution >= 4 is 35.2 Å². The van der Waals surface area contributed by atoms with Crippen LogP contribution in [-0.2, 0) is 4.79 Å². The minimum absolute atomic E-state index is 0.118. The number of rotatable bonds is 6. The number of para-hydroxylation sites is 1. The number of nitrogens with zero attached hydrogens (tertiary/aromatic N) is 2. The lowest BCUT2D eigenvalue weighted by Gasteiger charge is -2.37. The Morgan fingerprint density at radius 3 is 2.39 bits per heavy atom. The van der Waals surface area contributed by atoms with Crippen LogP contribution in [0.1, 0.15) is 30.1 Å². The van der Waals surface area contributed by atoms with Crippen molar-refractivity contribution in [1.82, 2.24) is 10.2 Å². The quantitative estimate of drug-likeness (QED) is 0.335. The van der Waals surface area contributed by atoms with Gasteiger partial charge < -0.3 is 26.4 Å². The van der Waals surface area contributed by atoms with E-state index in [1.165, 1.54) is 11.8 Å². The summed E-state index contributed by atoms with van der Waals surface area (Å²) in [4.78, 5) is 40.3. The van der Waals surface area contributed by atoms with E-state index >= 15 is 0 Å². The molecule has 3 rings (SSSR count). The van der Waals surface area contributed by atoms with Crippen LogP contribution in [0.25, 0.3) is 0 Å². The number of nitrogens with two attached hydrogens (primary N) is 1. The van der Waals surface area contributed by atoms with Gasteiger partial charge in [0.05, 0.1) is 0 Å². The largest absolute Gasteiger partial charge is 0.480 e. The molecule has 10 heteroatoms. The van der Waals surface area contributed by atoms with Crippen LogP contribution in [0.3, 0.4) is 0 Å². The molecule has 1 saturated heterocycles.